The van der Waals surface area contributed by atoms with Crippen molar-refractivity contribution in [2.45, 2.75) is 75.7 Å². The van der Waals surface area contributed by atoms with E-state index in [2.05, 4.69) is 25.6 Å². The summed E-state index contributed by atoms with van der Waals surface area (Å²) >= 11 is 1.33. The second kappa shape index (κ2) is 10.3. The molecule has 2 heterocycles. The molecule has 0 bridgehead atoms. The summed E-state index contributed by atoms with van der Waals surface area (Å²) in [5.41, 5.74) is 0.472. The Labute approximate surface area is 207 Å². The number of ether oxygens (including phenoxy) is 1. The smallest absolute Gasteiger partial charge is 0.407 e. The molecule has 0 radical (unpaired) electrons. The minimum atomic E-state index is -2.76. The Morgan fingerprint density at radius 3 is 2.63 bits per heavy atom. The Balaban J connectivity index is 1.57. The Kier molecular flexibility index (Phi) is 7.44. The number of para-hydroxylation sites is 2. The molecule has 3 aromatic rings. The molecular weight excluding hydrogens is 474 g/mol. The fourth-order valence-electron chi connectivity index (χ4n) is 4.26. The topological polar surface area (TPSA) is 94.0 Å². The molecule has 4 rings (SSSR count). The van der Waals surface area contributed by atoms with Crippen LogP contribution in [-0.4, -0.2) is 49.6 Å². The molecule has 1 aliphatic rings. The first kappa shape index (κ1) is 25.2. The number of halogens is 2. The third-order valence-electron chi connectivity index (χ3n) is 5.63. The van der Waals surface area contributed by atoms with E-state index in [-0.39, 0.29) is 17.9 Å². The molecule has 1 saturated carbocycles. The van der Waals surface area contributed by atoms with E-state index in [9.17, 15) is 13.6 Å². The van der Waals surface area contributed by atoms with E-state index in [0.29, 0.717) is 34.2 Å². The van der Waals surface area contributed by atoms with Gasteiger partial charge < -0.3 is 15.4 Å². The number of carbonyl (C=O) groups is 1. The Morgan fingerprint density at radius 2 is 1.91 bits per heavy atom. The lowest BCUT2D eigenvalue weighted by atomic mass is 9.91. The molecule has 11 heteroatoms. The van der Waals surface area contributed by atoms with Crippen molar-refractivity contribution in [3.05, 3.63) is 36.2 Å². The molecule has 0 aliphatic heterocycles. The van der Waals surface area contributed by atoms with Gasteiger partial charge in [-0.15, -0.1) is 0 Å². The Bertz CT molecular complexity index is 1200. The largest absolute Gasteiger partial charge is 0.444 e. The lowest BCUT2D eigenvalue weighted by molar-refractivity contribution is 0.0492. The molecule has 1 fully saturated rings. The molecule has 2 atom stereocenters. The number of rotatable bonds is 6. The molecule has 1 aliphatic carbocycles. The van der Waals surface area contributed by atoms with Crippen LogP contribution in [0.1, 0.15) is 58.7 Å². The van der Waals surface area contributed by atoms with Gasteiger partial charge in [-0.05, 0) is 64.8 Å². The van der Waals surface area contributed by atoms with E-state index in [0.717, 1.165) is 19.3 Å². The van der Waals surface area contributed by atoms with E-state index in [1.165, 1.54) is 16.3 Å². The summed E-state index contributed by atoms with van der Waals surface area (Å²) in [5, 5.41) is 6.84. The summed E-state index contributed by atoms with van der Waals surface area (Å²) < 4.78 is 34.5. The lowest BCUT2D eigenvalue weighted by Gasteiger charge is -2.31. The summed E-state index contributed by atoms with van der Waals surface area (Å²) in [6.45, 7) is 5.49. The second-order valence-electron chi connectivity index (χ2n) is 9.54. The molecule has 0 unspecified atom stereocenters. The Morgan fingerprint density at radius 1 is 1.17 bits per heavy atom. The maximum absolute atomic E-state index is 13.9. The molecule has 35 heavy (non-hydrogen) atoms. The first-order valence-corrected chi connectivity index (χ1v) is 12.8. The number of benzene rings is 1. The predicted octanol–water partition coefficient (Wildman–Crippen LogP) is 5.72. The van der Waals surface area contributed by atoms with E-state index >= 15 is 0 Å². The average Bonchev–Trinajstić information content (AvgIpc) is 3.18. The molecule has 8 nitrogen and oxygen atoms in total. The molecule has 1 amide bonds. The van der Waals surface area contributed by atoms with Gasteiger partial charge in [0.15, 0.2) is 11.0 Å². The maximum Gasteiger partial charge on any atom is 0.407 e. The zero-order chi connectivity index (χ0) is 25.2. The van der Waals surface area contributed by atoms with Crippen molar-refractivity contribution in [1.82, 2.24) is 24.8 Å². The van der Waals surface area contributed by atoms with E-state index in [1.54, 1.807) is 30.3 Å². The molecule has 188 valence electrons. The molecular formula is C24H30F2N6O2S. The first-order valence-electron chi connectivity index (χ1n) is 11.6. The van der Waals surface area contributed by atoms with Crippen LogP contribution in [0.25, 0.3) is 16.9 Å². The van der Waals surface area contributed by atoms with Gasteiger partial charge in [-0.25, -0.2) is 28.5 Å². The molecule has 2 N–H and O–H groups in total. The quantitative estimate of drug-likeness (QED) is 0.327. The van der Waals surface area contributed by atoms with Crippen molar-refractivity contribution in [1.29, 1.82) is 0 Å². The second-order valence-corrected chi connectivity index (χ2v) is 10.3. The summed E-state index contributed by atoms with van der Waals surface area (Å²) in [6, 6.07) is 8.69. The number of amides is 1. The Hall–Kier alpha value is -2.95. The number of nitrogens with zero attached hydrogens (tertiary/aromatic N) is 4. The van der Waals surface area contributed by atoms with Gasteiger partial charge >= 0.3 is 6.09 Å². The van der Waals surface area contributed by atoms with E-state index in [4.69, 9.17) is 4.74 Å². The van der Waals surface area contributed by atoms with Gasteiger partial charge in [0.1, 0.15) is 17.2 Å². The van der Waals surface area contributed by atoms with Crippen LogP contribution in [0.15, 0.2) is 35.5 Å². The predicted molar refractivity (Wildman–Crippen MR) is 132 cm³/mol. The van der Waals surface area contributed by atoms with Crippen LogP contribution < -0.4 is 10.6 Å². The van der Waals surface area contributed by atoms with E-state index < -0.39 is 18.1 Å². The number of hydrogen-bond donors (Lipinski definition) is 2. The third-order valence-corrected chi connectivity index (χ3v) is 6.18. The van der Waals surface area contributed by atoms with Gasteiger partial charge in [0.05, 0.1) is 11.0 Å². The number of alkyl halides is 2. The minimum Gasteiger partial charge on any atom is -0.444 e. The number of aromatic nitrogens is 4. The van der Waals surface area contributed by atoms with Gasteiger partial charge in [0.25, 0.3) is 6.43 Å². The number of imidazole rings is 1. The molecule has 1 aromatic carbocycles. The number of fused-ring (bicyclic) bond motifs is 1. The highest BCUT2D eigenvalue weighted by Crippen LogP contribution is 2.30. The van der Waals surface area contributed by atoms with Crippen molar-refractivity contribution in [3.8, 4) is 5.82 Å². The zero-order valence-electron chi connectivity index (χ0n) is 20.2. The van der Waals surface area contributed by atoms with Gasteiger partial charge in [-0.3, -0.25) is 4.57 Å². The van der Waals surface area contributed by atoms with Gasteiger partial charge in [0.2, 0.25) is 0 Å². The van der Waals surface area contributed by atoms with Crippen LogP contribution in [0, 0.1) is 0 Å². The maximum atomic E-state index is 13.9. The fourth-order valence-corrected chi connectivity index (χ4v) is 4.63. The average molecular weight is 505 g/mol. The number of carbonyl (C=O) groups excluding carboxylic acids is 1. The van der Waals surface area contributed by atoms with Crippen LogP contribution in [0.3, 0.4) is 0 Å². The number of alkyl carbamates (subject to hydrolysis) is 1. The number of thioether (sulfide) groups is 1. The SMILES string of the molecule is CSc1nc(N[C@@H]2CCC[C@@H](NC(=O)OC(C)(C)C)C2)cc(-n2c(C(F)F)nc3ccccc32)n1. The lowest BCUT2D eigenvalue weighted by Crippen LogP contribution is -2.44. The highest BCUT2D eigenvalue weighted by Gasteiger charge is 2.27. The summed E-state index contributed by atoms with van der Waals surface area (Å²) in [5.74, 6) is 0.512. The van der Waals surface area contributed by atoms with Crippen molar-refractivity contribution in [3.63, 3.8) is 0 Å². The molecule has 0 spiro atoms. The standard InChI is InChI=1S/C24H30F2N6O2S/c1-24(2,3)34-23(33)28-15-9-7-8-14(12-15)27-18-13-19(31-22(30-18)35-4)32-17-11-6-5-10-16(17)29-21(32)20(25)26/h5-6,10-11,13-15,20H,7-9,12H2,1-4H3,(H,28,33)(H,27,30,31)/t14-,15-/m1/s1. The monoisotopic (exact) mass is 504 g/mol. The summed E-state index contributed by atoms with van der Waals surface area (Å²) in [7, 11) is 0. The molecule has 0 saturated heterocycles. The number of nitrogens with one attached hydrogen (secondary N) is 2. The van der Waals surface area contributed by atoms with E-state index in [1.807, 2.05) is 27.0 Å². The van der Waals surface area contributed by atoms with Gasteiger partial charge in [0, 0.05) is 18.2 Å². The van der Waals surface area contributed by atoms with Crippen molar-refractivity contribution in [2.24, 2.45) is 0 Å². The highest BCUT2D eigenvalue weighted by atomic mass is 32.2. The highest BCUT2D eigenvalue weighted by molar-refractivity contribution is 7.98. The molecule has 2 aromatic heterocycles. The zero-order valence-corrected chi connectivity index (χ0v) is 21.0. The normalized spacial score (nSPS) is 18.6. The van der Waals surface area contributed by atoms with Gasteiger partial charge in [-0.1, -0.05) is 23.9 Å². The van der Waals surface area contributed by atoms with Crippen molar-refractivity contribution >= 4 is 34.7 Å². The van der Waals surface area contributed by atoms with Crippen molar-refractivity contribution in [2.75, 3.05) is 11.6 Å². The minimum absolute atomic E-state index is 0.0274. The fraction of sp³-hybridized carbons (Fsp3) is 0.500. The van der Waals surface area contributed by atoms with Crippen LogP contribution >= 0.6 is 11.8 Å². The van der Waals surface area contributed by atoms with Gasteiger partial charge in [-0.2, -0.15) is 0 Å². The summed E-state index contributed by atoms with van der Waals surface area (Å²) in [4.78, 5) is 25.4. The van der Waals surface area contributed by atoms with Crippen LogP contribution in [0.5, 0.6) is 0 Å². The van der Waals surface area contributed by atoms with Crippen molar-refractivity contribution < 1.29 is 18.3 Å². The third kappa shape index (κ3) is 6.19. The number of hydrogen-bond acceptors (Lipinski definition) is 7. The summed E-state index contributed by atoms with van der Waals surface area (Å²) in [6.07, 6.45) is 2.03. The number of anilines is 1. The van der Waals surface area contributed by atoms with Crippen LogP contribution in [0.2, 0.25) is 0 Å². The van der Waals surface area contributed by atoms with Crippen LogP contribution in [0.4, 0.5) is 19.4 Å². The van der Waals surface area contributed by atoms with Crippen LogP contribution in [-0.2, 0) is 4.74 Å². The first-order chi connectivity index (χ1) is 16.6.